The van der Waals surface area contributed by atoms with Crippen molar-refractivity contribution in [3.63, 3.8) is 0 Å². The lowest BCUT2D eigenvalue weighted by Crippen LogP contribution is -2.40. The lowest BCUT2D eigenvalue weighted by Gasteiger charge is -2.37. The Morgan fingerprint density at radius 2 is 1.86 bits per heavy atom. The highest BCUT2D eigenvalue weighted by atomic mass is 19.2. The van der Waals surface area contributed by atoms with Gasteiger partial charge in [0.2, 0.25) is 11.8 Å². The minimum absolute atomic E-state index is 0.0300. The van der Waals surface area contributed by atoms with Crippen molar-refractivity contribution in [3.05, 3.63) is 65.3 Å². The Morgan fingerprint density at radius 1 is 1.07 bits per heavy atom. The number of hydrogen-bond donors (Lipinski definition) is 2. The highest BCUT2D eigenvalue weighted by Crippen LogP contribution is 2.43. The van der Waals surface area contributed by atoms with E-state index in [0.717, 1.165) is 77.3 Å². The topological polar surface area (TPSA) is 119 Å². The summed E-state index contributed by atoms with van der Waals surface area (Å²) in [4.78, 5) is 32.5. The molecule has 232 valence electrons. The van der Waals surface area contributed by atoms with Gasteiger partial charge in [0, 0.05) is 49.3 Å². The zero-order valence-corrected chi connectivity index (χ0v) is 25.1. The van der Waals surface area contributed by atoms with Crippen LogP contribution in [0, 0.1) is 31.4 Å². The van der Waals surface area contributed by atoms with E-state index in [4.69, 9.17) is 15.2 Å². The fourth-order valence-electron chi connectivity index (χ4n) is 7.01. The van der Waals surface area contributed by atoms with Gasteiger partial charge in [0.05, 0.1) is 22.8 Å². The van der Waals surface area contributed by atoms with E-state index < -0.39 is 17.7 Å². The molecule has 2 fully saturated rings. The summed E-state index contributed by atoms with van der Waals surface area (Å²) < 4.78 is 35.9. The third kappa shape index (κ3) is 5.72. The standard InChI is InChI=1S/C33H38F2N6O3/c1-19-32(20(2)44-39-19)22-8-13-28-27(17-22)38-33(41(28)23-9-6-21(7-10-23)16-30(42)37-15-14-36)29-4-3-5-31(43)40(29)24-11-12-25(34)26(35)18-24/h8,11-13,17-18,21,23,29H,3-7,9-10,14-16,36H2,1-2H3,(H,37,42)/t21?,23?,29-/m0/s1. The average molecular weight is 605 g/mol. The maximum atomic E-state index is 14.4. The Morgan fingerprint density at radius 3 is 2.57 bits per heavy atom. The van der Waals surface area contributed by atoms with Crippen LogP contribution >= 0.6 is 0 Å². The van der Waals surface area contributed by atoms with Gasteiger partial charge in [0.1, 0.15) is 11.6 Å². The van der Waals surface area contributed by atoms with E-state index in [2.05, 4.69) is 21.1 Å². The van der Waals surface area contributed by atoms with Crippen LogP contribution in [0.3, 0.4) is 0 Å². The average Bonchev–Trinajstić information content (AvgIpc) is 3.56. The van der Waals surface area contributed by atoms with Gasteiger partial charge in [-0.15, -0.1) is 0 Å². The molecule has 3 N–H and O–H groups in total. The van der Waals surface area contributed by atoms with Gasteiger partial charge < -0.3 is 25.0 Å². The molecule has 0 bridgehead atoms. The molecule has 2 aromatic heterocycles. The van der Waals surface area contributed by atoms with Crippen molar-refractivity contribution in [1.82, 2.24) is 20.0 Å². The van der Waals surface area contributed by atoms with Gasteiger partial charge in [0.25, 0.3) is 0 Å². The second kappa shape index (κ2) is 12.5. The van der Waals surface area contributed by atoms with E-state index in [1.807, 2.05) is 26.0 Å². The summed E-state index contributed by atoms with van der Waals surface area (Å²) in [5.74, 6) is -0.329. The van der Waals surface area contributed by atoms with Gasteiger partial charge in [-0.05, 0) is 88.1 Å². The van der Waals surface area contributed by atoms with Crippen LogP contribution in [0.5, 0.6) is 0 Å². The van der Waals surface area contributed by atoms with Crippen LogP contribution < -0.4 is 16.0 Å². The molecule has 11 heteroatoms. The summed E-state index contributed by atoms with van der Waals surface area (Å²) in [6.07, 6.45) is 5.58. The third-order valence-corrected chi connectivity index (χ3v) is 9.09. The number of nitrogens with one attached hydrogen (secondary N) is 1. The number of aryl methyl sites for hydroxylation is 2. The molecule has 1 saturated heterocycles. The number of nitrogens with two attached hydrogens (primary N) is 1. The van der Waals surface area contributed by atoms with Crippen LogP contribution in [0.15, 0.2) is 40.9 Å². The van der Waals surface area contributed by atoms with Crippen molar-refractivity contribution in [1.29, 1.82) is 0 Å². The predicted octanol–water partition coefficient (Wildman–Crippen LogP) is 6.04. The van der Waals surface area contributed by atoms with Crippen LogP contribution in [0.2, 0.25) is 0 Å². The number of imidazole rings is 1. The molecular formula is C33H38F2N6O3. The Labute approximate surface area is 254 Å². The molecular weight excluding hydrogens is 566 g/mol. The SMILES string of the molecule is Cc1noc(C)c1-c1ccc2c(c1)nc([C@@H]1CCCC(=O)N1c1ccc(F)c(F)c1)n2C1CCC(CC(=O)NCCN)CC1. The van der Waals surface area contributed by atoms with E-state index >= 15 is 0 Å². The number of fused-ring (bicyclic) bond motifs is 1. The first-order chi connectivity index (χ1) is 21.2. The van der Waals surface area contributed by atoms with Crippen LogP contribution in [0.1, 0.15) is 80.7 Å². The maximum Gasteiger partial charge on any atom is 0.227 e. The van der Waals surface area contributed by atoms with Crippen molar-refractivity contribution in [2.45, 2.75) is 77.3 Å². The summed E-state index contributed by atoms with van der Waals surface area (Å²) in [7, 11) is 0. The van der Waals surface area contributed by atoms with Gasteiger partial charge in [0.15, 0.2) is 11.6 Å². The van der Waals surface area contributed by atoms with Crippen molar-refractivity contribution in [2.75, 3.05) is 18.0 Å². The summed E-state index contributed by atoms with van der Waals surface area (Å²) >= 11 is 0. The van der Waals surface area contributed by atoms with Crippen molar-refractivity contribution < 1.29 is 22.9 Å². The van der Waals surface area contributed by atoms with Crippen LogP contribution in [0.4, 0.5) is 14.5 Å². The number of carbonyl (C=O) groups is 2. The van der Waals surface area contributed by atoms with Crippen molar-refractivity contribution >= 4 is 28.5 Å². The quantitative estimate of drug-likeness (QED) is 0.253. The van der Waals surface area contributed by atoms with Gasteiger partial charge in [-0.2, -0.15) is 0 Å². The van der Waals surface area contributed by atoms with Gasteiger partial charge in [-0.3, -0.25) is 9.59 Å². The molecule has 9 nitrogen and oxygen atoms in total. The maximum absolute atomic E-state index is 14.4. The lowest BCUT2D eigenvalue weighted by atomic mass is 9.83. The molecule has 1 aliphatic carbocycles. The van der Waals surface area contributed by atoms with E-state index in [9.17, 15) is 18.4 Å². The minimum Gasteiger partial charge on any atom is -0.361 e. The Balaban J connectivity index is 1.40. The van der Waals surface area contributed by atoms with Crippen LogP contribution in [-0.4, -0.2) is 39.6 Å². The summed E-state index contributed by atoms with van der Waals surface area (Å²) in [5.41, 5.74) is 10.2. The predicted molar refractivity (Wildman–Crippen MR) is 163 cm³/mol. The molecule has 1 aliphatic heterocycles. The molecule has 0 spiro atoms. The number of halogens is 2. The number of carbonyl (C=O) groups excluding carboxylic acids is 2. The van der Waals surface area contributed by atoms with E-state index in [1.54, 1.807) is 4.90 Å². The highest BCUT2D eigenvalue weighted by Gasteiger charge is 2.37. The monoisotopic (exact) mass is 604 g/mol. The normalized spacial score (nSPS) is 20.8. The number of piperidine rings is 1. The Hall–Kier alpha value is -4.12. The second-order valence-corrected chi connectivity index (χ2v) is 12.0. The molecule has 2 aromatic carbocycles. The van der Waals surface area contributed by atoms with Crippen LogP contribution in [0.25, 0.3) is 22.2 Å². The largest absolute Gasteiger partial charge is 0.361 e. The second-order valence-electron chi connectivity index (χ2n) is 12.0. The first-order valence-corrected chi connectivity index (χ1v) is 15.4. The molecule has 6 rings (SSSR count). The molecule has 0 unspecified atom stereocenters. The summed E-state index contributed by atoms with van der Waals surface area (Å²) in [6.45, 7) is 4.68. The van der Waals surface area contributed by atoms with Gasteiger partial charge in [-0.25, -0.2) is 13.8 Å². The number of amides is 2. The van der Waals surface area contributed by atoms with Gasteiger partial charge in [-0.1, -0.05) is 11.2 Å². The Bertz CT molecular complexity index is 1670. The third-order valence-electron chi connectivity index (χ3n) is 9.09. The number of anilines is 1. The number of nitrogens with zero attached hydrogens (tertiary/aromatic N) is 4. The highest BCUT2D eigenvalue weighted by molar-refractivity contribution is 5.95. The van der Waals surface area contributed by atoms with Crippen LogP contribution in [-0.2, 0) is 9.59 Å². The molecule has 3 heterocycles. The van der Waals surface area contributed by atoms with E-state index in [-0.39, 0.29) is 23.8 Å². The lowest BCUT2D eigenvalue weighted by molar-refractivity contribution is -0.122. The number of benzene rings is 2. The molecule has 1 atom stereocenters. The molecule has 1 saturated carbocycles. The first kappa shape index (κ1) is 29.9. The van der Waals surface area contributed by atoms with Crippen molar-refractivity contribution in [2.24, 2.45) is 11.7 Å². The number of hydrogen-bond acceptors (Lipinski definition) is 6. The zero-order chi connectivity index (χ0) is 31.0. The summed E-state index contributed by atoms with van der Waals surface area (Å²) in [6, 6.07) is 9.40. The van der Waals surface area contributed by atoms with Crippen molar-refractivity contribution in [3.8, 4) is 11.1 Å². The molecule has 0 radical (unpaired) electrons. The number of rotatable bonds is 8. The molecule has 4 aromatic rings. The number of aromatic nitrogens is 3. The minimum atomic E-state index is -0.994. The molecule has 2 amide bonds. The molecule has 2 aliphatic rings. The fraction of sp³-hybridized carbons (Fsp3) is 0.455. The molecule has 44 heavy (non-hydrogen) atoms. The van der Waals surface area contributed by atoms with E-state index in [0.29, 0.717) is 44.5 Å². The zero-order valence-electron chi connectivity index (χ0n) is 25.1. The fourth-order valence-corrected chi connectivity index (χ4v) is 7.01. The summed E-state index contributed by atoms with van der Waals surface area (Å²) in [5, 5.41) is 6.99. The van der Waals surface area contributed by atoms with Gasteiger partial charge >= 0.3 is 0 Å². The Kier molecular flexibility index (Phi) is 8.48. The van der Waals surface area contributed by atoms with E-state index in [1.165, 1.54) is 6.07 Å². The first-order valence-electron chi connectivity index (χ1n) is 15.4. The smallest absolute Gasteiger partial charge is 0.227 e.